The molecule has 0 radical (unpaired) electrons. The van der Waals surface area contributed by atoms with Crippen molar-refractivity contribution in [2.24, 2.45) is 0 Å². The normalized spacial score (nSPS) is 12.1. The molecule has 1 atom stereocenters. The molecule has 1 amide bonds. The highest BCUT2D eigenvalue weighted by Gasteiger charge is 2.16. The second-order valence-electron chi connectivity index (χ2n) is 7.09. The number of hydrogen-bond acceptors (Lipinski definition) is 4. The Morgan fingerprint density at radius 2 is 2.00 bits per heavy atom. The first-order valence-electron chi connectivity index (χ1n) is 9.51. The maximum Gasteiger partial charge on any atom is 0.253 e. The van der Waals surface area contributed by atoms with Gasteiger partial charge in [-0.2, -0.15) is 5.10 Å². The van der Waals surface area contributed by atoms with Crippen LogP contribution in [0.4, 0.5) is 0 Å². The molecule has 146 valence electrons. The van der Waals surface area contributed by atoms with E-state index >= 15 is 0 Å². The molecule has 0 spiro atoms. The lowest BCUT2D eigenvalue weighted by molar-refractivity contribution is 0.0929. The number of aryl methyl sites for hydroxylation is 1. The maximum atomic E-state index is 12.9. The lowest BCUT2D eigenvalue weighted by Gasteiger charge is -2.19. The van der Waals surface area contributed by atoms with E-state index in [9.17, 15) is 9.90 Å². The van der Waals surface area contributed by atoms with E-state index in [1.54, 1.807) is 18.6 Å². The van der Waals surface area contributed by atoms with Crippen LogP contribution in [0.15, 0.2) is 67.1 Å². The largest absolute Gasteiger partial charge is 0.396 e. The number of hydrogen-bond donors (Lipinski definition) is 3. The van der Waals surface area contributed by atoms with Gasteiger partial charge in [-0.25, -0.2) is 0 Å². The molecule has 2 aromatic heterocycles. The fourth-order valence-corrected chi connectivity index (χ4v) is 3.42. The van der Waals surface area contributed by atoms with E-state index in [4.69, 9.17) is 0 Å². The van der Waals surface area contributed by atoms with Crippen LogP contribution in [0.5, 0.6) is 0 Å². The van der Waals surface area contributed by atoms with E-state index in [0.29, 0.717) is 12.0 Å². The topological polar surface area (TPSA) is 90.9 Å². The van der Waals surface area contributed by atoms with E-state index in [1.165, 1.54) is 0 Å². The minimum atomic E-state index is -0.265. The number of carbonyl (C=O) groups is 1. The Balaban J connectivity index is 1.58. The van der Waals surface area contributed by atoms with Gasteiger partial charge in [-0.3, -0.25) is 14.9 Å². The zero-order valence-corrected chi connectivity index (χ0v) is 16.1. The highest BCUT2D eigenvalue weighted by atomic mass is 16.3. The number of aromatic amines is 1. The van der Waals surface area contributed by atoms with Gasteiger partial charge in [-0.05, 0) is 42.7 Å². The highest BCUT2D eigenvalue weighted by molar-refractivity contribution is 5.95. The van der Waals surface area contributed by atoms with E-state index in [2.05, 4.69) is 20.5 Å². The molecule has 2 aromatic carbocycles. The van der Waals surface area contributed by atoms with Crippen molar-refractivity contribution in [1.82, 2.24) is 20.5 Å². The quantitative estimate of drug-likeness (QED) is 0.470. The Hall–Kier alpha value is -3.51. The molecule has 6 nitrogen and oxygen atoms in total. The van der Waals surface area contributed by atoms with Gasteiger partial charge < -0.3 is 10.4 Å². The maximum absolute atomic E-state index is 12.9. The molecule has 4 rings (SSSR count). The molecular weight excluding hydrogens is 364 g/mol. The van der Waals surface area contributed by atoms with E-state index < -0.39 is 0 Å². The zero-order valence-electron chi connectivity index (χ0n) is 16.1. The number of rotatable bonds is 6. The molecule has 0 saturated carbocycles. The molecular formula is C23H22N4O2. The van der Waals surface area contributed by atoms with Gasteiger partial charge in [-0.1, -0.05) is 35.9 Å². The van der Waals surface area contributed by atoms with Crippen LogP contribution in [0.1, 0.15) is 33.9 Å². The molecule has 4 aromatic rings. The van der Waals surface area contributed by atoms with Crippen LogP contribution in [0.25, 0.3) is 22.0 Å². The molecule has 0 fully saturated rings. The van der Waals surface area contributed by atoms with Crippen LogP contribution in [-0.2, 0) is 0 Å². The smallest absolute Gasteiger partial charge is 0.253 e. The van der Waals surface area contributed by atoms with Gasteiger partial charge in [0.1, 0.15) is 0 Å². The van der Waals surface area contributed by atoms with Gasteiger partial charge in [0, 0.05) is 30.0 Å². The summed E-state index contributed by atoms with van der Waals surface area (Å²) in [6, 6.07) is 15.5. The fourth-order valence-electron chi connectivity index (χ4n) is 3.42. The van der Waals surface area contributed by atoms with Crippen molar-refractivity contribution in [2.75, 3.05) is 6.61 Å². The third kappa shape index (κ3) is 4.17. The Morgan fingerprint density at radius 3 is 2.83 bits per heavy atom. The first kappa shape index (κ1) is 18.8. The van der Waals surface area contributed by atoms with Crippen molar-refractivity contribution in [3.8, 4) is 11.1 Å². The van der Waals surface area contributed by atoms with Crippen molar-refractivity contribution < 1.29 is 9.90 Å². The molecule has 0 bridgehead atoms. The Labute approximate surface area is 168 Å². The van der Waals surface area contributed by atoms with Crippen LogP contribution in [0.2, 0.25) is 0 Å². The molecule has 0 aliphatic heterocycles. The molecule has 3 N–H and O–H groups in total. The first-order valence-corrected chi connectivity index (χ1v) is 9.51. The molecule has 2 heterocycles. The van der Waals surface area contributed by atoms with E-state index in [0.717, 1.165) is 33.2 Å². The third-order valence-corrected chi connectivity index (χ3v) is 4.94. The van der Waals surface area contributed by atoms with Crippen LogP contribution < -0.4 is 5.32 Å². The molecule has 0 aliphatic rings. The molecule has 0 aliphatic carbocycles. The zero-order chi connectivity index (χ0) is 20.2. The van der Waals surface area contributed by atoms with Gasteiger partial charge in [0.2, 0.25) is 0 Å². The number of carbonyl (C=O) groups excluding carboxylic acids is 1. The minimum absolute atomic E-state index is 0.0120. The third-order valence-electron chi connectivity index (χ3n) is 4.94. The van der Waals surface area contributed by atoms with Gasteiger partial charge in [0.05, 0.1) is 23.3 Å². The number of aliphatic hydroxyl groups is 1. The van der Waals surface area contributed by atoms with Crippen molar-refractivity contribution in [3.05, 3.63) is 83.8 Å². The van der Waals surface area contributed by atoms with Gasteiger partial charge in [0.15, 0.2) is 0 Å². The number of benzene rings is 2. The van der Waals surface area contributed by atoms with E-state index in [-0.39, 0.29) is 18.6 Å². The number of aromatic nitrogens is 3. The Bertz CT molecular complexity index is 1150. The number of fused-ring (bicyclic) bond motifs is 1. The Kier molecular flexibility index (Phi) is 5.35. The predicted molar refractivity (Wildman–Crippen MR) is 112 cm³/mol. The van der Waals surface area contributed by atoms with E-state index in [1.807, 2.05) is 55.5 Å². The second kappa shape index (κ2) is 8.24. The van der Waals surface area contributed by atoms with Gasteiger partial charge in [-0.15, -0.1) is 0 Å². The lowest BCUT2D eigenvalue weighted by Crippen LogP contribution is -2.29. The van der Waals surface area contributed by atoms with Crippen molar-refractivity contribution in [1.29, 1.82) is 0 Å². The number of H-pyrrole nitrogens is 1. The average molecular weight is 386 g/mol. The highest BCUT2D eigenvalue weighted by Crippen LogP contribution is 2.24. The van der Waals surface area contributed by atoms with Crippen LogP contribution in [-0.4, -0.2) is 32.8 Å². The molecule has 29 heavy (non-hydrogen) atoms. The number of amides is 1. The fraction of sp³-hybridized carbons (Fsp3) is 0.174. The Morgan fingerprint density at radius 1 is 1.10 bits per heavy atom. The van der Waals surface area contributed by atoms with Crippen LogP contribution >= 0.6 is 0 Å². The summed E-state index contributed by atoms with van der Waals surface area (Å²) >= 11 is 0. The number of pyridine rings is 1. The van der Waals surface area contributed by atoms with Gasteiger partial charge >= 0.3 is 0 Å². The molecule has 0 saturated heterocycles. The number of nitrogens with one attached hydrogen (secondary N) is 2. The summed E-state index contributed by atoms with van der Waals surface area (Å²) in [6.45, 7) is 1.99. The predicted octanol–water partition coefficient (Wildman–Crippen LogP) is 3.79. The monoisotopic (exact) mass is 386 g/mol. The summed E-state index contributed by atoms with van der Waals surface area (Å²) in [4.78, 5) is 17.2. The van der Waals surface area contributed by atoms with Crippen molar-refractivity contribution >= 4 is 16.8 Å². The molecule has 1 unspecified atom stereocenters. The number of nitrogens with zero attached hydrogens (tertiary/aromatic N) is 2. The second-order valence-corrected chi connectivity index (χ2v) is 7.09. The summed E-state index contributed by atoms with van der Waals surface area (Å²) in [5.41, 5.74) is 5.34. The van der Waals surface area contributed by atoms with Crippen molar-refractivity contribution in [3.63, 3.8) is 0 Å². The summed E-state index contributed by atoms with van der Waals surface area (Å²) in [7, 11) is 0. The van der Waals surface area contributed by atoms with Crippen molar-refractivity contribution in [2.45, 2.75) is 19.4 Å². The van der Waals surface area contributed by atoms with Gasteiger partial charge in [0.25, 0.3) is 5.91 Å². The van der Waals surface area contributed by atoms with Crippen LogP contribution in [0, 0.1) is 6.92 Å². The standard InChI is InChI=1S/C23H22N4O2/c1-15-3-2-4-17(9-15)21(7-8-28)26-23(29)20-11-18(12-24-13-20)16-5-6-22-19(10-16)14-25-27-22/h2-6,9-14,21,28H,7-8H2,1H3,(H,25,27)(H,26,29). The SMILES string of the molecule is Cc1cccc(C(CCO)NC(=O)c2cncc(-c3ccc4[nH]ncc4c3)c2)c1. The summed E-state index contributed by atoms with van der Waals surface area (Å²) in [5.74, 6) is -0.219. The first-order chi connectivity index (χ1) is 14.1. The summed E-state index contributed by atoms with van der Waals surface area (Å²) < 4.78 is 0. The summed E-state index contributed by atoms with van der Waals surface area (Å²) in [6.07, 6.45) is 5.51. The average Bonchev–Trinajstić information content (AvgIpc) is 3.21. The lowest BCUT2D eigenvalue weighted by atomic mass is 10.0. The number of aliphatic hydroxyl groups excluding tert-OH is 1. The minimum Gasteiger partial charge on any atom is -0.396 e. The summed E-state index contributed by atoms with van der Waals surface area (Å²) in [5, 5.41) is 20.4. The van der Waals surface area contributed by atoms with Crippen LogP contribution in [0.3, 0.4) is 0 Å². The molecule has 6 heteroatoms.